The Morgan fingerprint density at radius 3 is 2.46 bits per heavy atom. The molecule has 2 aliphatic rings. The highest BCUT2D eigenvalue weighted by Crippen LogP contribution is 2.41. The van der Waals surface area contributed by atoms with Crippen LogP contribution in [0.3, 0.4) is 0 Å². The Bertz CT molecular complexity index is 786. The average Bonchev–Trinajstić information content (AvgIpc) is 3.26. The number of imide groups is 1. The smallest absolute Gasteiger partial charge is 0.432 e. The summed E-state index contributed by atoms with van der Waals surface area (Å²) >= 11 is 6.53. The lowest BCUT2D eigenvalue weighted by Crippen LogP contribution is -2.45. The Labute approximate surface area is 168 Å². The second-order valence-corrected chi connectivity index (χ2v) is 8.59. The van der Waals surface area contributed by atoms with E-state index in [1.807, 2.05) is 4.90 Å². The van der Waals surface area contributed by atoms with Gasteiger partial charge in [-0.05, 0) is 52.5 Å². The van der Waals surface area contributed by atoms with E-state index in [0.29, 0.717) is 23.8 Å². The fraction of sp³-hybridized carbons (Fsp3) is 0.579. The highest BCUT2D eigenvalue weighted by Gasteiger charge is 2.33. The Morgan fingerprint density at radius 2 is 1.93 bits per heavy atom. The Kier molecular flexibility index (Phi) is 5.72. The minimum Gasteiger partial charge on any atom is -0.442 e. The summed E-state index contributed by atoms with van der Waals surface area (Å²) in [5, 5.41) is 3.67. The zero-order chi connectivity index (χ0) is 20.6. The van der Waals surface area contributed by atoms with Gasteiger partial charge in [-0.3, -0.25) is 4.79 Å². The second kappa shape index (κ2) is 7.75. The van der Waals surface area contributed by atoms with Crippen LogP contribution in [0, 0.1) is 5.82 Å². The molecule has 0 aromatic heterocycles. The van der Waals surface area contributed by atoms with Gasteiger partial charge in [0.2, 0.25) is 0 Å². The average molecular weight is 413 g/mol. The van der Waals surface area contributed by atoms with Crippen LogP contribution < -0.4 is 16.1 Å². The molecule has 1 aliphatic heterocycles. The first-order chi connectivity index (χ1) is 13.1. The molecule has 1 saturated heterocycles. The van der Waals surface area contributed by atoms with Crippen LogP contribution in [0.1, 0.15) is 56.8 Å². The van der Waals surface area contributed by atoms with Crippen LogP contribution in [-0.2, 0) is 4.74 Å². The SMILES string of the molecule is CC(C)(C)OC(=O)N(N)C(=O)c1cc(F)c(N2CCCC2)c(Cl)c1NC1CC1. The number of ether oxygens (including phenoxy) is 1. The first-order valence-electron chi connectivity index (χ1n) is 9.44. The van der Waals surface area contributed by atoms with Gasteiger partial charge in [-0.15, -0.1) is 0 Å². The van der Waals surface area contributed by atoms with Gasteiger partial charge < -0.3 is 15.0 Å². The van der Waals surface area contributed by atoms with Crippen molar-refractivity contribution < 1.29 is 18.7 Å². The van der Waals surface area contributed by atoms with Crippen LogP contribution in [-0.4, -0.2) is 41.7 Å². The van der Waals surface area contributed by atoms with Crippen LogP contribution in [0.4, 0.5) is 20.6 Å². The summed E-state index contributed by atoms with van der Waals surface area (Å²) in [7, 11) is 0. The number of carbonyl (C=O) groups is 2. The predicted molar refractivity (Wildman–Crippen MR) is 106 cm³/mol. The van der Waals surface area contributed by atoms with E-state index < -0.39 is 23.4 Å². The highest BCUT2D eigenvalue weighted by atomic mass is 35.5. The van der Waals surface area contributed by atoms with E-state index in [4.69, 9.17) is 22.2 Å². The molecule has 1 aromatic rings. The standard InChI is InChI=1S/C19H26ClFN4O3/c1-19(2,3)28-18(27)25(22)17(26)12-10-13(21)16(24-8-4-5-9-24)14(20)15(12)23-11-6-7-11/h10-11,23H,4-9,22H2,1-3H3. The number of nitrogens with two attached hydrogens (primary N) is 1. The molecule has 1 saturated carbocycles. The van der Waals surface area contributed by atoms with Gasteiger partial charge in [0.15, 0.2) is 0 Å². The molecule has 9 heteroatoms. The van der Waals surface area contributed by atoms with Crippen LogP contribution in [0.5, 0.6) is 0 Å². The predicted octanol–water partition coefficient (Wildman–Crippen LogP) is 3.90. The lowest BCUT2D eigenvalue weighted by Gasteiger charge is -2.26. The number of anilines is 2. The van der Waals surface area contributed by atoms with E-state index in [-0.39, 0.29) is 22.3 Å². The summed E-state index contributed by atoms with van der Waals surface area (Å²) in [5.74, 6) is 4.18. The normalized spacial score (nSPS) is 16.9. The molecule has 1 aromatic carbocycles. The summed E-state index contributed by atoms with van der Waals surface area (Å²) < 4.78 is 20.0. The first-order valence-corrected chi connectivity index (χ1v) is 9.82. The summed E-state index contributed by atoms with van der Waals surface area (Å²) in [5.41, 5.74) is -0.339. The molecule has 1 heterocycles. The molecule has 154 valence electrons. The number of hydrogen-bond donors (Lipinski definition) is 2. The maximum atomic E-state index is 14.9. The van der Waals surface area contributed by atoms with Crippen molar-refractivity contribution >= 4 is 35.0 Å². The maximum absolute atomic E-state index is 14.9. The maximum Gasteiger partial charge on any atom is 0.432 e. The van der Waals surface area contributed by atoms with Crippen LogP contribution in [0.2, 0.25) is 5.02 Å². The fourth-order valence-corrected chi connectivity index (χ4v) is 3.47. The van der Waals surface area contributed by atoms with Crippen molar-refractivity contribution in [2.75, 3.05) is 23.3 Å². The fourth-order valence-electron chi connectivity index (χ4n) is 3.10. The van der Waals surface area contributed by atoms with Crippen molar-refractivity contribution in [3.05, 3.63) is 22.5 Å². The van der Waals surface area contributed by atoms with Gasteiger partial charge in [-0.1, -0.05) is 11.6 Å². The molecule has 0 bridgehead atoms. The van der Waals surface area contributed by atoms with Crippen molar-refractivity contribution in [2.45, 2.75) is 58.1 Å². The van der Waals surface area contributed by atoms with E-state index in [9.17, 15) is 14.0 Å². The molecule has 1 aliphatic carbocycles. The van der Waals surface area contributed by atoms with E-state index in [1.54, 1.807) is 20.8 Å². The molecule has 0 unspecified atom stereocenters. The zero-order valence-electron chi connectivity index (χ0n) is 16.3. The van der Waals surface area contributed by atoms with Crippen LogP contribution in [0.25, 0.3) is 0 Å². The Morgan fingerprint density at radius 1 is 1.32 bits per heavy atom. The molecule has 2 fully saturated rings. The van der Waals surface area contributed by atoms with Crippen LogP contribution >= 0.6 is 11.6 Å². The third kappa shape index (κ3) is 4.50. The summed E-state index contributed by atoms with van der Waals surface area (Å²) in [6.07, 6.45) is 2.75. The number of rotatable bonds is 4. The number of carbonyl (C=O) groups excluding carboxylic acids is 2. The largest absolute Gasteiger partial charge is 0.442 e. The van der Waals surface area contributed by atoms with Crippen molar-refractivity contribution in [2.24, 2.45) is 5.84 Å². The lowest BCUT2D eigenvalue weighted by molar-refractivity contribution is 0.0239. The zero-order valence-corrected chi connectivity index (χ0v) is 17.1. The van der Waals surface area contributed by atoms with E-state index in [2.05, 4.69) is 5.32 Å². The van der Waals surface area contributed by atoms with Crippen molar-refractivity contribution in [1.29, 1.82) is 0 Å². The number of amides is 2. The number of hydrazine groups is 1. The minimum atomic E-state index is -1.02. The van der Waals surface area contributed by atoms with Crippen molar-refractivity contribution in [3.63, 3.8) is 0 Å². The molecule has 2 amide bonds. The summed E-state index contributed by atoms with van der Waals surface area (Å²) in [6.45, 7) is 6.38. The number of nitrogens with zero attached hydrogens (tertiary/aromatic N) is 2. The Hall–Kier alpha value is -2.06. The van der Waals surface area contributed by atoms with Gasteiger partial charge >= 0.3 is 6.09 Å². The minimum absolute atomic E-state index is 0.0919. The monoisotopic (exact) mass is 412 g/mol. The van der Waals surface area contributed by atoms with E-state index in [1.165, 1.54) is 0 Å². The third-order valence-electron chi connectivity index (χ3n) is 4.58. The van der Waals surface area contributed by atoms with Gasteiger partial charge in [0.1, 0.15) is 11.4 Å². The highest BCUT2D eigenvalue weighted by molar-refractivity contribution is 6.37. The molecule has 0 atom stereocenters. The molecular formula is C19H26ClFN4O3. The molecule has 7 nitrogen and oxygen atoms in total. The molecule has 0 radical (unpaired) electrons. The van der Waals surface area contributed by atoms with Crippen molar-refractivity contribution in [3.8, 4) is 0 Å². The Balaban J connectivity index is 1.96. The van der Waals surface area contributed by atoms with Gasteiger partial charge in [0.25, 0.3) is 5.91 Å². The molecule has 3 rings (SSSR count). The number of hydrogen-bond acceptors (Lipinski definition) is 6. The lowest BCUT2D eigenvalue weighted by atomic mass is 10.1. The molecule has 0 spiro atoms. The summed E-state index contributed by atoms with van der Waals surface area (Å²) in [6, 6.07) is 1.25. The van der Waals surface area contributed by atoms with Gasteiger partial charge in [0.05, 0.1) is 22.0 Å². The number of halogens is 2. The van der Waals surface area contributed by atoms with Gasteiger partial charge in [-0.25, -0.2) is 15.0 Å². The molecular weight excluding hydrogens is 387 g/mol. The quantitative estimate of drug-likeness (QED) is 0.443. The number of nitrogens with one attached hydrogen (secondary N) is 1. The summed E-state index contributed by atoms with van der Waals surface area (Å²) in [4.78, 5) is 26.9. The van der Waals surface area contributed by atoms with E-state index in [0.717, 1.165) is 31.7 Å². The van der Waals surface area contributed by atoms with E-state index >= 15 is 0 Å². The van der Waals surface area contributed by atoms with Crippen molar-refractivity contribution in [1.82, 2.24) is 5.01 Å². The molecule has 3 N–H and O–H groups in total. The topological polar surface area (TPSA) is 87.9 Å². The van der Waals surface area contributed by atoms with Crippen LogP contribution in [0.15, 0.2) is 6.07 Å². The first kappa shape index (κ1) is 20.7. The molecule has 28 heavy (non-hydrogen) atoms. The van der Waals surface area contributed by atoms with Gasteiger partial charge in [0, 0.05) is 19.1 Å². The number of benzene rings is 1. The van der Waals surface area contributed by atoms with Gasteiger partial charge in [-0.2, -0.15) is 5.01 Å². The third-order valence-corrected chi connectivity index (χ3v) is 4.95. The second-order valence-electron chi connectivity index (χ2n) is 8.21.